The van der Waals surface area contributed by atoms with E-state index < -0.39 is 5.60 Å². The predicted octanol–water partition coefficient (Wildman–Crippen LogP) is 2.17. The van der Waals surface area contributed by atoms with Crippen LogP contribution >= 0.6 is 0 Å². The van der Waals surface area contributed by atoms with Gasteiger partial charge in [0.15, 0.2) is 0 Å². The monoisotopic (exact) mass is 257 g/mol. The molecule has 1 aliphatic heterocycles. The van der Waals surface area contributed by atoms with Crippen molar-refractivity contribution in [3.8, 4) is 0 Å². The number of fused-ring (bicyclic) bond motifs is 1. The maximum atomic E-state index is 10.3. The Morgan fingerprint density at radius 3 is 3.00 bits per heavy atom. The molecule has 3 rings (SSSR count). The summed E-state index contributed by atoms with van der Waals surface area (Å²) < 4.78 is 0. The highest BCUT2D eigenvalue weighted by atomic mass is 16.3. The Labute approximate surface area is 112 Å². The van der Waals surface area contributed by atoms with Crippen molar-refractivity contribution in [2.45, 2.75) is 25.4 Å². The SMILES string of the molecule is CC1(O)CCCN(c2ccnc3c(N)cccc23)C1. The number of pyridine rings is 1. The Hall–Kier alpha value is -1.81. The number of anilines is 2. The lowest BCUT2D eigenvalue weighted by molar-refractivity contribution is 0.0450. The van der Waals surface area contributed by atoms with E-state index in [1.807, 2.05) is 31.2 Å². The number of β-amino-alcohol motifs (C(OH)–C–C–N with tert-alkyl or cyclic N) is 1. The number of hydrogen-bond donors (Lipinski definition) is 2. The van der Waals surface area contributed by atoms with Gasteiger partial charge < -0.3 is 15.7 Å². The van der Waals surface area contributed by atoms with E-state index in [-0.39, 0.29) is 0 Å². The summed E-state index contributed by atoms with van der Waals surface area (Å²) in [5.41, 5.74) is 8.00. The van der Waals surface area contributed by atoms with Gasteiger partial charge >= 0.3 is 0 Å². The molecule has 0 amide bonds. The maximum absolute atomic E-state index is 10.3. The zero-order valence-corrected chi connectivity index (χ0v) is 11.1. The number of hydrogen-bond acceptors (Lipinski definition) is 4. The lowest BCUT2D eigenvalue weighted by Gasteiger charge is -2.38. The quantitative estimate of drug-likeness (QED) is 0.769. The van der Waals surface area contributed by atoms with Crippen molar-refractivity contribution in [3.63, 3.8) is 0 Å². The number of nitrogen functional groups attached to an aromatic ring is 1. The van der Waals surface area contributed by atoms with Crippen LogP contribution in [0, 0.1) is 0 Å². The zero-order chi connectivity index (χ0) is 13.5. The summed E-state index contributed by atoms with van der Waals surface area (Å²) in [6.45, 7) is 3.52. The summed E-state index contributed by atoms with van der Waals surface area (Å²) in [6, 6.07) is 7.86. The maximum Gasteiger partial charge on any atom is 0.0951 e. The number of piperidine rings is 1. The predicted molar refractivity (Wildman–Crippen MR) is 78.2 cm³/mol. The second-order valence-corrected chi connectivity index (χ2v) is 5.60. The van der Waals surface area contributed by atoms with Gasteiger partial charge in [-0.3, -0.25) is 4.98 Å². The molecule has 0 aliphatic carbocycles. The van der Waals surface area contributed by atoms with Gasteiger partial charge in [-0.05, 0) is 31.9 Å². The first-order chi connectivity index (χ1) is 9.07. The molecule has 0 radical (unpaired) electrons. The molecule has 1 aromatic carbocycles. The van der Waals surface area contributed by atoms with Gasteiger partial charge in [0.05, 0.1) is 16.8 Å². The summed E-state index contributed by atoms with van der Waals surface area (Å²) in [5.74, 6) is 0. The van der Waals surface area contributed by atoms with Gasteiger partial charge in [0.25, 0.3) is 0 Å². The molecule has 1 aliphatic rings. The standard InChI is InChI=1S/C15H19N3O/c1-15(19)7-3-9-18(10-15)13-6-8-17-14-11(13)4-2-5-12(14)16/h2,4-6,8,19H,3,7,9-10,16H2,1H3. The van der Waals surface area contributed by atoms with E-state index in [1.165, 1.54) is 0 Å². The fourth-order valence-corrected chi connectivity index (χ4v) is 2.89. The molecule has 2 aromatic rings. The number of benzene rings is 1. The van der Waals surface area contributed by atoms with Crippen molar-refractivity contribution in [2.75, 3.05) is 23.7 Å². The topological polar surface area (TPSA) is 62.4 Å². The normalized spacial score (nSPS) is 23.8. The molecule has 100 valence electrons. The summed E-state index contributed by atoms with van der Waals surface area (Å²) >= 11 is 0. The molecule has 0 bridgehead atoms. The molecule has 0 spiro atoms. The number of aliphatic hydroxyl groups is 1. The smallest absolute Gasteiger partial charge is 0.0951 e. The Morgan fingerprint density at radius 1 is 1.37 bits per heavy atom. The van der Waals surface area contributed by atoms with Crippen LogP contribution in [-0.2, 0) is 0 Å². The van der Waals surface area contributed by atoms with Gasteiger partial charge in [-0.2, -0.15) is 0 Å². The van der Waals surface area contributed by atoms with Crippen LogP contribution in [0.1, 0.15) is 19.8 Å². The Morgan fingerprint density at radius 2 is 2.21 bits per heavy atom. The van der Waals surface area contributed by atoms with Crippen LogP contribution in [0.25, 0.3) is 10.9 Å². The van der Waals surface area contributed by atoms with Gasteiger partial charge in [0.1, 0.15) is 0 Å². The third kappa shape index (κ3) is 2.24. The van der Waals surface area contributed by atoms with Crippen LogP contribution in [0.15, 0.2) is 30.5 Å². The molecule has 0 saturated carbocycles. The number of nitrogens with two attached hydrogens (primary N) is 1. The Bertz CT molecular complexity index is 609. The third-order valence-corrected chi connectivity index (χ3v) is 3.79. The first-order valence-corrected chi connectivity index (χ1v) is 6.67. The molecule has 1 unspecified atom stereocenters. The van der Waals surface area contributed by atoms with E-state index in [9.17, 15) is 5.11 Å². The fourth-order valence-electron chi connectivity index (χ4n) is 2.89. The minimum absolute atomic E-state index is 0.617. The zero-order valence-electron chi connectivity index (χ0n) is 11.1. The van der Waals surface area contributed by atoms with Crippen LogP contribution in [0.4, 0.5) is 11.4 Å². The van der Waals surface area contributed by atoms with E-state index in [0.29, 0.717) is 12.2 Å². The van der Waals surface area contributed by atoms with Crippen LogP contribution in [0.2, 0.25) is 0 Å². The molecular weight excluding hydrogens is 238 g/mol. The van der Waals surface area contributed by atoms with Gasteiger partial charge in [-0.25, -0.2) is 0 Å². The Balaban J connectivity index is 2.08. The van der Waals surface area contributed by atoms with Crippen molar-refractivity contribution in [3.05, 3.63) is 30.5 Å². The lowest BCUT2D eigenvalue weighted by Crippen LogP contribution is -2.46. The highest BCUT2D eigenvalue weighted by molar-refractivity contribution is 5.98. The number of aromatic nitrogens is 1. The molecule has 4 nitrogen and oxygen atoms in total. The number of nitrogens with zero attached hydrogens (tertiary/aromatic N) is 2. The molecule has 1 aromatic heterocycles. The van der Waals surface area contributed by atoms with Gasteiger partial charge in [0.2, 0.25) is 0 Å². The molecular formula is C15H19N3O. The van der Waals surface area contributed by atoms with Crippen LogP contribution in [0.5, 0.6) is 0 Å². The molecule has 2 heterocycles. The molecule has 1 saturated heterocycles. The third-order valence-electron chi connectivity index (χ3n) is 3.79. The van der Waals surface area contributed by atoms with Crippen molar-refractivity contribution >= 4 is 22.3 Å². The minimum atomic E-state index is -0.617. The largest absolute Gasteiger partial charge is 0.397 e. The fraction of sp³-hybridized carbons (Fsp3) is 0.400. The van der Waals surface area contributed by atoms with Crippen LogP contribution in [0.3, 0.4) is 0 Å². The van der Waals surface area contributed by atoms with Crippen LogP contribution < -0.4 is 10.6 Å². The molecule has 19 heavy (non-hydrogen) atoms. The molecule has 1 atom stereocenters. The van der Waals surface area contributed by atoms with Crippen molar-refractivity contribution in [1.29, 1.82) is 0 Å². The van der Waals surface area contributed by atoms with Gasteiger partial charge in [-0.1, -0.05) is 12.1 Å². The second-order valence-electron chi connectivity index (χ2n) is 5.60. The van der Waals surface area contributed by atoms with E-state index >= 15 is 0 Å². The number of rotatable bonds is 1. The molecule has 1 fully saturated rings. The highest BCUT2D eigenvalue weighted by Gasteiger charge is 2.29. The van der Waals surface area contributed by atoms with Crippen LogP contribution in [-0.4, -0.2) is 28.8 Å². The Kier molecular flexibility index (Phi) is 2.82. The van der Waals surface area contributed by atoms with E-state index in [0.717, 1.165) is 36.0 Å². The molecule has 3 N–H and O–H groups in total. The minimum Gasteiger partial charge on any atom is -0.397 e. The second kappa shape index (κ2) is 4.38. The van der Waals surface area contributed by atoms with Crippen molar-refractivity contribution < 1.29 is 5.11 Å². The van der Waals surface area contributed by atoms with Gasteiger partial charge in [0, 0.05) is 30.4 Å². The highest BCUT2D eigenvalue weighted by Crippen LogP contribution is 2.32. The molecule has 4 heteroatoms. The van der Waals surface area contributed by atoms with Crippen molar-refractivity contribution in [1.82, 2.24) is 4.98 Å². The average Bonchev–Trinajstić information content (AvgIpc) is 2.37. The first kappa shape index (κ1) is 12.2. The lowest BCUT2D eigenvalue weighted by atomic mass is 9.94. The summed E-state index contributed by atoms with van der Waals surface area (Å²) in [5, 5.41) is 11.3. The van der Waals surface area contributed by atoms with E-state index in [4.69, 9.17) is 5.73 Å². The van der Waals surface area contributed by atoms with Gasteiger partial charge in [-0.15, -0.1) is 0 Å². The first-order valence-electron chi connectivity index (χ1n) is 6.67. The van der Waals surface area contributed by atoms with E-state index in [1.54, 1.807) is 6.20 Å². The summed E-state index contributed by atoms with van der Waals surface area (Å²) in [4.78, 5) is 6.59. The summed E-state index contributed by atoms with van der Waals surface area (Å²) in [7, 11) is 0. The summed E-state index contributed by atoms with van der Waals surface area (Å²) in [6.07, 6.45) is 3.64. The average molecular weight is 257 g/mol. The van der Waals surface area contributed by atoms with Crippen molar-refractivity contribution in [2.24, 2.45) is 0 Å². The number of para-hydroxylation sites is 1. The van der Waals surface area contributed by atoms with E-state index in [2.05, 4.69) is 9.88 Å².